The molecule has 0 spiro atoms. The van der Waals surface area contributed by atoms with Crippen LogP contribution in [0.2, 0.25) is 0 Å². The van der Waals surface area contributed by atoms with Crippen LogP contribution in [0.1, 0.15) is 35.4 Å². The van der Waals surface area contributed by atoms with Crippen molar-refractivity contribution in [2.75, 3.05) is 6.61 Å². The molecule has 224 valence electrons. The third-order valence-electron chi connectivity index (χ3n) is 7.39. The highest BCUT2D eigenvalue weighted by Gasteiger charge is 2.47. The summed E-state index contributed by atoms with van der Waals surface area (Å²) in [5, 5.41) is 81.5. The summed E-state index contributed by atoms with van der Waals surface area (Å²) in [6.07, 6.45) is -15.6. The average molecular weight is 581 g/mol. The molecule has 5 rings (SSSR count). The van der Waals surface area contributed by atoms with Crippen LogP contribution in [0.4, 0.5) is 0 Å². The summed E-state index contributed by atoms with van der Waals surface area (Å²) in [6.45, 7) is 0.980. The summed E-state index contributed by atoms with van der Waals surface area (Å²) in [5.74, 6) is -0.893. The first kappa shape index (κ1) is 29.4. The summed E-state index contributed by atoms with van der Waals surface area (Å²) < 4.78 is 28.0. The first-order chi connectivity index (χ1) is 19.4. The fourth-order valence-corrected chi connectivity index (χ4v) is 4.98. The van der Waals surface area contributed by atoms with E-state index >= 15 is 0 Å². The van der Waals surface area contributed by atoms with Gasteiger partial charge in [-0.05, 0) is 24.6 Å². The number of aliphatic hydroxyl groups excluding tert-OH is 6. The fraction of sp³-hybridized carbons (Fsp3) is 0.519. The summed E-state index contributed by atoms with van der Waals surface area (Å²) in [7, 11) is 0. The van der Waals surface area contributed by atoms with Crippen molar-refractivity contribution in [1.82, 2.24) is 0 Å². The van der Waals surface area contributed by atoms with Gasteiger partial charge in [0.1, 0.15) is 77.4 Å². The Kier molecular flexibility index (Phi) is 8.39. The van der Waals surface area contributed by atoms with Crippen LogP contribution in [-0.4, -0.2) is 115 Å². The third kappa shape index (κ3) is 5.83. The highest BCUT2D eigenvalue weighted by atomic mass is 16.7. The van der Waals surface area contributed by atoms with Crippen molar-refractivity contribution >= 4 is 5.78 Å². The van der Waals surface area contributed by atoms with Crippen molar-refractivity contribution in [3.63, 3.8) is 0 Å². The van der Waals surface area contributed by atoms with Crippen molar-refractivity contribution in [2.45, 2.75) is 80.9 Å². The lowest BCUT2D eigenvalue weighted by Crippen LogP contribution is -2.61. The smallest absolute Gasteiger partial charge is 0.229 e. The monoisotopic (exact) mass is 580 g/mol. The maximum absolute atomic E-state index is 12.8. The van der Waals surface area contributed by atoms with Crippen LogP contribution in [0.3, 0.4) is 0 Å². The molecule has 14 nitrogen and oxygen atoms in total. The number of Topliss-reactive ketones (excluding diaryl/α,β-unsaturated/α-hetero) is 1. The van der Waals surface area contributed by atoms with E-state index in [9.17, 15) is 45.6 Å². The van der Waals surface area contributed by atoms with E-state index < -0.39 is 85.7 Å². The van der Waals surface area contributed by atoms with Gasteiger partial charge < -0.3 is 64.5 Å². The number of fused-ring (bicyclic) bond motifs is 1. The molecule has 0 aromatic heterocycles. The quantitative estimate of drug-likeness (QED) is 0.202. The van der Waals surface area contributed by atoms with Gasteiger partial charge in [0.15, 0.2) is 12.1 Å². The number of hydrogen-bond acceptors (Lipinski definition) is 14. The highest BCUT2D eigenvalue weighted by molar-refractivity contribution is 6.02. The van der Waals surface area contributed by atoms with Crippen molar-refractivity contribution in [2.24, 2.45) is 0 Å². The number of carbonyl (C=O) groups is 1. The number of carbonyl (C=O) groups excluding carboxylic acids is 1. The minimum atomic E-state index is -1.76. The Labute approximate surface area is 233 Å². The maximum Gasteiger partial charge on any atom is 0.229 e. The number of hydrogen-bond donors (Lipinski definition) is 8. The molecule has 0 amide bonds. The van der Waals surface area contributed by atoms with Gasteiger partial charge in [0.05, 0.1) is 19.1 Å². The predicted octanol–water partition coefficient (Wildman–Crippen LogP) is -1.17. The van der Waals surface area contributed by atoms with Crippen LogP contribution in [0.25, 0.3) is 0 Å². The molecule has 3 aliphatic heterocycles. The van der Waals surface area contributed by atoms with Crippen LogP contribution in [-0.2, 0) is 14.2 Å². The van der Waals surface area contributed by atoms with Crippen LogP contribution < -0.4 is 9.47 Å². The van der Waals surface area contributed by atoms with E-state index in [4.69, 9.17) is 23.7 Å². The number of aliphatic hydroxyl groups is 6. The molecule has 14 heteroatoms. The molecule has 2 aromatic carbocycles. The lowest BCUT2D eigenvalue weighted by Gasteiger charge is -2.42. The molecule has 0 unspecified atom stereocenters. The third-order valence-corrected chi connectivity index (χ3v) is 7.39. The van der Waals surface area contributed by atoms with Gasteiger partial charge >= 0.3 is 0 Å². The number of ketones is 1. The Hall–Kier alpha value is -3.05. The summed E-state index contributed by atoms with van der Waals surface area (Å²) in [6, 6.07) is 8.51. The Morgan fingerprint density at radius 3 is 2.20 bits per heavy atom. The molecular formula is C27H32O14. The second-order valence-corrected chi connectivity index (χ2v) is 10.3. The summed E-state index contributed by atoms with van der Waals surface area (Å²) >= 11 is 0. The van der Waals surface area contributed by atoms with E-state index in [0.717, 1.165) is 6.07 Å². The lowest BCUT2D eigenvalue weighted by molar-refractivity contribution is -0.318. The largest absolute Gasteiger partial charge is 0.508 e. The van der Waals surface area contributed by atoms with Gasteiger partial charge in [-0.25, -0.2) is 0 Å². The topological polar surface area (TPSA) is 225 Å². The molecule has 2 aromatic rings. The van der Waals surface area contributed by atoms with E-state index in [-0.39, 0.29) is 29.2 Å². The van der Waals surface area contributed by atoms with E-state index in [1.54, 1.807) is 12.1 Å². The molecule has 8 N–H and O–H groups in total. The van der Waals surface area contributed by atoms with Gasteiger partial charge in [0, 0.05) is 12.1 Å². The number of rotatable bonds is 6. The normalized spacial score (nSPS) is 37.2. The predicted molar refractivity (Wildman–Crippen MR) is 134 cm³/mol. The van der Waals surface area contributed by atoms with Crippen LogP contribution in [0.5, 0.6) is 23.0 Å². The number of benzene rings is 2. The zero-order chi connectivity index (χ0) is 29.6. The fourth-order valence-electron chi connectivity index (χ4n) is 4.98. The van der Waals surface area contributed by atoms with E-state index in [1.807, 2.05) is 0 Å². The van der Waals surface area contributed by atoms with Crippen molar-refractivity contribution in [3.05, 3.63) is 47.5 Å². The molecule has 2 saturated heterocycles. The molecule has 0 aliphatic carbocycles. The van der Waals surface area contributed by atoms with Gasteiger partial charge in [0.2, 0.25) is 6.29 Å². The van der Waals surface area contributed by atoms with Crippen LogP contribution >= 0.6 is 0 Å². The molecule has 0 bridgehead atoms. The van der Waals surface area contributed by atoms with Crippen LogP contribution in [0.15, 0.2) is 36.4 Å². The molecule has 0 saturated carbocycles. The second kappa shape index (κ2) is 11.7. The van der Waals surface area contributed by atoms with E-state index in [1.165, 1.54) is 25.1 Å². The molecular weight excluding hydrogens is 548 g/mol. The maximum atomic E-state index is 12.8. The minimum absolute atomic E-state index is 0.00149. The van der Waals surface area contributed by atoms with Crippen molar-refractivity contribution < 1.29 is 69.3 Å². The molecule has 3 aliphatic rings. The number of phenols is 2. The van der Waals surface area contributed by atoms with Crippen molar-refractivity contribution in [3.8, 4) is 23.0 Å². The van der Waals surface area contributed by atoms with E-state index in [0.29, 0.717) is 5.56 Å². The SMILES string of the molecule is C[C@@H]1O[C@@H](OC[C@H]2O[C@H](Oc3cc(O)c4c(c3)O[C@@H](c3ccc(O)cc3)CC4=O)[C@@H](O)[C@H](O)[C@H]2O)[C@H](O)[C@@H](O)[C@@H]1O. The van der Waals surface area contributed by atoms with Crippen LogP contribution in [0, 0.1) is 0 Å². The Morgan fingerprint density at radius 2 is 1.49 bits per heavy atom. The Morgan fingerprint density at radius 1 is 0.829 bits per heavy atom. The molecule has 11 atom stereocenters. The molecule has 3 heterocycles. The number of ether oxygens (including phenoxy) is 5. The second-order valence-electron chi connectivity index (χ2n) is 10.3. The zero-order valence-electron chi connectivity index (χ0n) is 21.8. The Bertz CT molecular complexity index is 1240. The first-order valence-electron chi connectivity index (χ1n) is 13.0. The van der Waals surface area contributed by atoms with Gasteiger partial charge in [-0.2, -0.15) is 0 Å². The Balaban J connectivity index is 1.30. The molecule has 41 heavy (non-hydrogen) atoms. The van der Waals surface area contributed by atoms with Gasteiger partial charge in [0.25, 0.3) is 0 Å². The minimum Gasteiger partial charge on any atom is -0.508 e. The standard InChI is InChI=1S/C27H32O14/c1-10-20(31)22(33)24(35)26(38-10)37-9-18-21(32)23(34)25(36)27(41-18)39-13-6-14(29)19-15(30)8-16(40-17(19)7-13)11-2-4-12(28)5-3-11/h2-7,10,16,18,20-29,31-36H,8-9H2,1H3/t10-,16+,18+,20+,21-,22-,23+,24+,25-,26+,27-/m0/s1. The highest BCUT2D eigenvalue weighted by Crippen LogP contribution is 2.42. The van der Waals surface area contributed by atoms with Gasteiger partial charge in [-0.3, -0.25) is 4.79 Å². The van der Waals surface area contributed by atoms with Gasteiger partial charge in [-0.15, -0.1) is 0 Å². The summed E-state index contributed by atoms with van der Waals surface area (Å²) in [5.41, 5.74) is 0.550. The molecule has 2 fully saturated rings. The number of aromatic hydroxyl groups is 2. The van der Waals surface area contributed by atoms with E-state index in [2.05, 4.69) is 0 Å². The summed E-state index contributed by atoms with van der Waals surface area (Å²) in [4.78, 5) is 12.8. The van der Waals surface area contributed by atoms with Crippen molar-refractivity contribution in [1.29, 1.82) is 0 Å². The first-order valence-corrected chi connectivity index (χ1v) is 13.0. The van der Waals surface area contributed by atoms with Gasteiger partial charge in [-0.1, -0.05) is 12.1 Å². The number of phenolic OH excluding ortho intramolecular Hbond substituents is 2. The average Bonchev–Trinajstić information content (AvgIpc) is 2.94. The molecule has 0 radical (unpaired) electrons. The zero-order valence-corrected chi connectivity index (χ0v) is 21.8. The lowest BCUT2D eigenvalue weighted by atomic mass is 9.95.